The molecular weight excluding hydrogens is 294 g/mol. The van der Waals surface area contributed by atoms with Crippen LogP contribution in [0.1, 0.15) is 50.4 Å². The van der Waals surface area contributed by atoms with E-state index in [1.807, 2.05) is 11.3 Å². The largest absolute Gasteiger partial charge is 0.312 e. The number of hydrogen-bond acceptors (Lipinski definition) is 2. The summed E-state index contributed by atoms with van der Waals surface area (Å²) in [6, 6.07) is 4.95. The van der Waals surface area contributed by atoms with Gasteiger partial charge in [-0.1, -0.05) is 26.7 Å². The Balaban J connectivity index is 2.22. The van der Waals surface area contributed by atoms with Gasteiger partial charge in [0.05, 0.1) is 3.79 Å². The molecule has 1 aromatic rings. The molecule has 1 aliphatic rings. The summed E-state index contributed by atoms with van der Waals surface area (Å²) in [6.45, 7) is 4.87. The molecule has 1 aromatic heterocycles. The van der Waals surface area contributed by atoms with Gasteiger partial charge in [-0.05, 0) is 59.3 Å². The molecule has 1 saturated carbocycles. The molecule has 2 atom stereocenters. The summed E-state index contributed by atoms with van der Waals surface area (Å²) in [7, 11) is 2.10. The van der Waals surface area contributed by atoms with Crippen molar-refractivity contribution in [1.29, 1.82) is 0 Å². The van der Waals surface area contributed by atoms with Crippen LogP contribution in [0.15, 0.2) is 15.9 Å². The molecule has 1 aliphatic carbocycles. The predicted octanol–water partition coefficient (Wildman–Crippen LogP) is 4.99. The molecule has 1 heterocycles. The summed E-state index contributed by atoms with van der Waals surface area (Å²) in [6.07, 6.45) is 5.50. The van der Waals surface area contributed by atoms with Crippen LogP contribution in [0.5, 0.6) is 0 Å². The molecule has 1 N–H and O–H groups in total. The molecule has 17 heavy (non-hydrogen) atoms. The fourth-order valence-electron chi connectivity index (χ4n) is 3.18. The molecule has 0 radical (unpaired) electrons. The summed E-state index contributed by atoms with van der Waals surface area (Å²) in [5.41, 5.74) is 0.461. The lowest BCUT2D eigenvalue weighted by Crippen LogP contribution is -2.37. The molecule has 0 bridgehead atoms. The zero-order valence-corrected chi connectivity index (χ0v) is 13.3. The smallest absolute Gasteiger partial charge is 0.0701 e. The number of hydrogen-bond donors (Lipinski definition) is 1. The molecular formula is C14H22BrNS. The molecule has 96 valence electrons. The lowest BCUT2D eigenvalue weighted by molar-refractivity contribution is 0.102. The highest BCUT2D eigenvalue weighted by Crippen LogP contribution is 2.47. The second-order valence-corrected chi connectivity index (χ2v) is 8.24. The third kappa shape index (κ3) is 2.94. The maximum atomic E-state index is 3.57. The number of thiophene rings is 1. The number of nitrogens with one attached hydrogen (secondary N) is 1. The summed E-state index contributed by atoms with van der Waals surface area (Å²) < 4.78 is 1.24. The van der Waals surface area contributed by atoms with Gasteiger partial charge in [0.2, 0.25) is 0 Å². The van der Waals surface area contributed by atoms with E-state index in [0.717, 1.165) is 5.92 Å². The van der Waals surface area contributed by atoms with Crippen molar-refractivity contribution in [2.24, 2.45) is 11.3 Å². The van der Waals surface area contributed by atoms with Crippen LogP contribution < -0.4 is 5.32 Å². The molecule has 0 amide bonds. The quantitative estimate of drug-likeness (QED) is 0.828. The van der Waals surface area contributed by atoms with Gasteiger partial charge in [-0.2, -0.15) is 0 Å². The van der Waals surface area contributed by atoms with Gasteiger partial charge in [0.25, 0.3) is 0 Å². The van der Waals surface area contributed by atoms with Crippen LogP contribution in [-0.2, 0) is 0 Å². The van der Waals surface area contributed by atoms with Crippen molar-refractivity contribution in [3.8, 4) is 0 Å². The first-order chi connectivity index (χ1) is 8.04. The van der Waals surface area contributed by atoms with E-state index < -0.39 is 0 Å². The van der Waals surface area contributed by atoms with Crippen LogP contribution in [-0.4, -0.2) is 7.05 Å². The van der Waals surface area contributed by atoms with Crippen molar-refractivity contribution in [2.75, 3.05) is 7.05 Å². The minimum absolute atomic E-state index is 0.461. The van der Waals surface area contributed by atoms with Gasteiger partial charge in [-0.3, -0.25) is 0 Å². The minimum atomic E-state index is 0.461. The molecule has 0 aliphatic heterocycles. The fraction of sp³-hybridized carbons (Fsp3) is 0.714. The average molecular weight is 316 g/mol. The Morgan fingerprint density at radius 3 is 2.71 bits per heavy atom. The van der Waals surface area contributed by atoms with E-state index in [0.29, 0.717) is 11.5 Å². The molecule has 2 unspecified atom stereocenters. The van der Waals surface area contributed by atoms with Crippen LogP contribution >= 0.6 is 27.3 Å². The third-order valence-electron chi connectivity index (χ3n) is 4.20. The summed E-state index contributed by atoms with van der Waals surface area (Å²) >= 11 is 5.44. The first kappa shape index (κ1) is 13.6. The Hall–Kier alpha value is 0.140. The van der Waals surface area contributed by atoms with Gasteiger partial charge in [0, 0.05) is 10.9 Å². The van der Waals surface area contributed by atoms with Crippen molar-refractivity contribution < 1.29 is 0 Å². The van der Waals surface area contributed by atoms with E-state index >= 15 is 0 Å². The zero-order chi connectivity index (χ0) is 12.5. The predicted molar refractivity (Wildman–Crippen MR) is 79.6 cm³/mol. The minimum Gasteiger partial charge on any atom is -0.312 e. The Bertz CT molecular complexity index is 372. The Labute approximate surface area is 117 Å². The Kier molecular flexibility index (Phi) is 4.32. The molecule has 1 nitrogen and oxygen atoms in total. The molecule has 2 rings (SSSR count). The van der Waals surface area contributed by atoms with Crippen LogP contribution in [0.4, 0.5) is 0 Å². The van der Waals surface area contributed by atoms with Crippen LogP contribution in [0.3, 0.4) is 0 Å². The number of halogens is 1. The molecule has 0 spiro atoms. The lowest BCUT2D eigenvalue weighted by Gasteiger charge is -2.43. The van der Waals surface area contributed by atoms with E-state index in [4.69, 9.17) is 0 Å². The SMILES string of the molecule is CNC(c1ccc(Br)s1)C1CCCCC1(C)C. The highest BCUT2D eigenvalue weighted by molar-refractivity contribution is 9.11. The summed E-state index contributed by atoms with van der Waals surface area (Å²) in [5, 5.41) is 3.55. The molecule has 0 aromatic carbocycles. The van der Waals surface area contributed by atoms with E-state index in [2.05, 4.69) is 54.3 Å². The Morgan fingerprint density at radius 1 is 1.41 bits per heavy atom. The van der Waals surface area contributed by atoms with Gasteiger partial charge in [-0.25, -0.2) is 0 Å². The van der Waals surface area contributed by atoms with Gasteiger partial charge < -0.3 is 5.32 Å². The maximum Gasteiger partial charge on any atom is 0.0701 e. The summed E-state index contributed by atoms with van der Waals surface area (Å²) in [5.74, 6) is 0.756. The van der Waals surface area contributed by atoms with E-state index in [1.165, 1.54) is 34.3 Å². The topological polar surface area (TPSA) is 12.0 Å². The van der Waals surface area contributed by atoms with E-state index in [-0.39, 0.29) is 0 Å². The second-order valence-electron chi connectivity index (χ2n) is 5.75. The lowest BCUT2D eigenvalue weighted by atomic mass is 9.65. The van der Waals surface area contributed by atoms with E-state index in [1.54, 1.807) is 0 Å². The highest BCUT2D eigenvalue weighted by Gasteiger charge is 2.37. The maximum absolute atomic E-state index is 3.57. The van der Waals surface area contributed by atoms with Crippen LogP contribution in [0, 0.1) is 11.3 Å². The zero-order valence-electron chi connectivity index (χ0n) is 10.9. The normalized spacial score (nSPS) is 25.8. The van der Waals surface area contributed by atoms with Gasteiger partial charge in [0.1, 0.15) is 0 Å². The fourth-order valence-corrected chi connectivity index (χ4v) is 4.78. The summed E-state index contributed by atoms with van der Waals surface area (Å²) in [4.78, 5) is 1.47. The van der Waals surface area contributed by atoms with Crippen LogP contribution in [0.25, 0.3) is 0 Å². The molecule has 3 heteroatoms. The van der Waals surface area contributed by atoms with Gasteiger partial charge in [-0.15, -0.1) is 11.3 Å². The first-order valence-electron chi connectivity index (χ1n) is 6.47. The van der Waals surface area contributed by atoms with Crippen LogP contribution in [0.2, 0.25) is 0 Å². The van der Waals surface area contributed by atoms with Crippen molar-refractivity contribution in [3.63, 3.8) is 0 Å². The average Bonchev–Trinajstić information content (AvgIpc) is 2.68. The first-order valence-corrected chi connectivity index (χ1v) is 8.08. The monoisotopic (exact) mass is 315 g/mol. The molecule has 1 fully saturated rings. The van der Waals surface area contributed by atoms with Crippen molar-refractivity contribution >= 4 is 27.3 Å². The van der Waals surface area contributed by atoms with Crippen molar-refractivity contribution in [2.45, 2.75) is 45.6 Å². The number of rotatable bonds is 3. The molecule has 0 saturated heterocycles. The standard InChI is InChI=1S/C14H22BrNS/c1-14(2)9-5-4-6-10(14)13(16-3)11-7-8-12(15)17-11/h7-8,10,13,16H,4-6,9H2,1-3H3. The Morgan fingerprint density at radius 2 is 2.18 bits per heavy atom. The van der Waals surface area contributed by atoms with Crippen molar-refractivity contribution in [3.05, 3.63) is 20.8 Å². The van der Waals surface area contributed by atoms with Crippen molar-refractivity contribution in [1.82, 2.24) is 5.32 Å². The van der Waals surface area contributed by atoms with Gasteiger partial charge in [0.15, 0.2) is 0 Å². The highest BCUT2D eigenvalue weighted by atomic mass is 79.9. The van der Waals surface area contributed by atoms with E-state index in [9.17, 15) is 0 Å². The second kappa shape index (κ2) is 5.41. The van der Waals surface area contributed by atoms with Gasteiger partial charge >= 0.3 is 0 Å². The third-order valence-corrected chi connectivity index (χ3v) is 5.91.